The Hall–Kier alpha value is -9.08. The van der Waals surface area contributed by atoms with Crippen molar-refractivity contribution in [3.8, 4) is 28.4 Å². The molecule has 1 amide bonds. The maximum Gasteiger partial charge on any atom is 0.264 e. The minimum Gasteiger partial charge on any atom is -0.481 e. The molecule has 374 valence electrons. The molecule has 2 fully saturated rings. The monoisotopic (exact) mass is 998 g/mol. The standard InChI is InChI=1S/C27H25FN8O2.C25H23FN8O2/c1-3-20(25-33-19-6-4-5-18(28)21(19)27(38)35(25)17-11-12-17)36-26-22(24(29)30-13-31-26)23(34-36)15-7-9-16(10-8-15)32-14(2)37;1-3-17(23-31-16-6-4-5-15(26)19(16)25(35)33(23)14-8-9-14)34-24-20(22(27)29-12-30-24)21(32-34)13-7-10-18(36-2)28-11-13/h4-10,13,17,20H,3,11-12H2,1-2H3,(H,32,37)(H2,29,30,31);4-7,10-12,14,17H,3,8-9H2,1-2H3,(H2,27,29,30). The van der Waals surface area contributed by atoms with E-state index in [0.29, 0.717) is 86.1 Å². The van der Waals surface area contributed by atoms with Crippen molar-refractivity contribution < 1.29 is 18.3 Å². The Kier molecular flexibility index (Phi) is 12.0. The smallest absolute Gasteiger partial charge is 0.264 e. The second kappa shape index (κ2) is 18.8. The maximum atomic E-state index is 14.7. The number of hydrogen-bond acceptors (Lipinski definition) is 15. The van der Waals surface area contributed by atoms with E-state index in [0.717, 1.165) is 31.2 Å². The SMILES string of the molecule is CCC(c1nc2cccc(F)c2c(=O)n1C1CC1)n1nc(-c2ccc(NC(C)=O)cc2)c2c(N)ncnc21.CCC(c1nc2cccc(F)c2c(=O)n1C1CC1)n1nc(-c2ccc(OC)nc2)c2c(N)ncnc21. The summed E-state index contributed by atoms with van der Waals surface area (Å²) >= 11 is 0. The van der Waals surface area contributed by atoms with Crippen molar-refractivity contribution in [2.75, 3.05) is 23.9 Å². The predicted molar refractivity (Wildman–Crippen MR) is 274 cm³/mol. The Balaban J connectivity index is 0.000000159. The molecule has 0 spiro atoms. The minimum absolute atomic E-state index is 0.00453. The van der Waals surface area contributed by atoms with Crippen molar-refractivity contribution in [3.63, 3.8) is 0 Å². The summed E-state index contributed by atoms with van der Waals surface area (Å²) in [6.07, 6.45) is 8.83. The number of methoxy groups -OCH3 is 1. The lowest BCUT2D eigenvalue weighted by Crippen LogP contribution is -2.29. The zero-order chi connectivity index (χ0) is 51.5. The molecule has 0 radical (unpaired) electrons. The van der Waals surface area contributed by atoms with Crippen LogP contribution in [0.15, 0.2) is 101 Å². The van der Waals surface area contributed by atoms with E-state index >= 15 is 0 Å². The zero-order valence-electron chi connectivity index (χ0n) is 40.6. The number of rotatable bonds is 12. The minimum atomic E-state index is -0.580. The van der Waals surface area contributed by atoms with Crippen molar-refractivity contribution in [3.05, 3.63) is 136 Å². The van der Waals surface area contributed by atoms with E-state index in [1.54, 1.807) is 74.3 Å². The van der Waals surface area contributed by atoms with Crippen LogP contribution >= 0.6 is 0 Å². The van der Waals surface area contributed by atoms with Crippen molar-refractivity contribution in [1.82, 2.24) is 63.6 Å². The number of carbonyl (C=O) groups is 1. The van der Waals surface area contributed by atoms with E-state index < -0.39 is 23.7 Å². The molecule has 2 aliphatic rings. The van der Waals surface area contributed by atoms with Gasteiger partial charge in [-0.15, -0.1) is 0 Å². The third-order valence-electron chi connectivity index (χ3n) is 13.3. The van der Waals surface area contributed by atoms with Crippen molar-refractivity contribution in [2.45, 2.75) is 83.5 Å². The van der Waals surface area contributed by atoms with E-state index in [1.165, 1.54) is 31.7 Å². The van der Waals surface area contributed by atoms with Gasteiger partial charge in [-0.25, -0.2) is 53.0 Å². The van der Waals surface area contributed by atoms with Gasteiger partial charge in [0.1, 0.15) is 81.8 Å². The first kappa shape index (κ1) is 47.3. The summed E-state index contributed by atoms with van der Waals surface area (Å²) in [5.74, 6) is 0.725. The van der Waals surface area contributed by atoms with Gasteiger partial charge in [-0.05, 0) is 81.0 Å². The summed E-state index contributed by atoms with van der Waals surface area (Å²) in [6, 6.07) is 18.8. The number of nitrogens with zero attached hydrogens (tertiary/aromatic N) is 13. The third kappa shape index (κ3) is 8.26. The summed E-state index contributed by atoms with van der Waals surface area (Å²) in [7, 11) is 1.55. The highest BCUT2D eigenvalue weighted by atomic mass is 19.1. The first-order chi connectivity index (χ1) is 35.9. The van der Waals surface area contributed by atoms with Crippen LogP contribution in [0, 0.1) is 11.6 Å². The van der Waals surface area contributed by atoms with Crippen molar-refractivity contribution >= 4 is 67.1 Å². The topological polar surface area (TPSA) is 260 Å². The van der Waals surface area contributed by atoms with Gasteiger partial charge in [0.05, 0.1) is 28.9 Å². The molecule has 2 aliphatic carbocycles. The molecule has 22 heteroatoms. The number of nitrogens with two attached hydrogens (primary N) is 2. The number of nitrogens with one attached hydrogen (secondary N) is 1. The number of hydrogen-bond donors (Lipinski definition) is 3. The number of amides is 1. The average Bonchev–Trinajstić information content (AvgIpc) is 4.34. The number of anilines is 3. The van der Waals surface area contributed by atoms with Gasteiger partial charge in [-0.3, -0.25) is 23.5 Å². The van der Waals surface area contributed by atoms with Crippen molar-refractivity contribution in [2.24, 2.45) is 0 Å². The van der Waals surface area contributed by atoms with Crippen molar-refractivity contribution in [1.29, 1.82) is 0 Å². The summed E-state index contributed by atoms with van der Waals surface area (Å²) in [5, 5.41) is 13.7. The summed E-state index contributed by atoms with van der Waals surface area (Å²) in [6.45, 7) is 5.41. The van der Waals surface area contributed by atoms with Crippen LogP contribution in [0.5, 0.6) is 5.88 Å². The van der Waals surface area contributed by atoms with E-state index in [4.69, 9.17) is 36.4 Å². The lowest BCUT2D eigenvalue weighted by molar-refractivity contribution is -0.114. The van der Waals surface area contributed by atoms with Gasteiger partial charge >= 0.3 is 0 Å². The molecular weight excluding hydrogens is 951 g/mol. The van der Waals surface area contributed by atoms with E-state index in [1.807, 2.05) is 32.0 Å². The second-order valence-electron chi connectivity index (χ2n) is 18.2. The molecule has 5 N–H and O–H groups in total. The molecule has 7 aromatic heterocycles. The molecule has 2 unspecified atom stereocenters. The number of ether oxygens (including phenoxy) is 1. The molecule has 2 atom stereocenters. The van der Waals surface area contributed by atoms with E-state index in [2.05, 4.69) is 30.2 Å². The number of aromatic nitrogens is 13. The molecule has 12 rings (SSSR count). The van der Waals surface area contributed by atoms with Crippen LogP contribution in [-0.4, -0.2) is 76.6 Å². The van der Waals surface area contributed by atoms with E-state index in [-0.39, 0.29) is 51.5 Å². The Morgan fingerprint density at radius 2 is 1.14 bits per heavy atom. The molecule has 20 nitrogen and oxygen atoms in total. The average molecular weight is 999 g/mol. The van der Waals surface area contributed by atoms with Crippen LogP contribution in [0.25, 0.3) is 66.4 Å². The molecule has 74 heavy (non-hydrogen) atoms. The van der Waals surface area contributed by atoms with Gasteiger partial charge in [0.15, 0.2) is 11.3 Å². The lowest BCUT2D eigenvalue weighted by Gasteiger charge is -2.21. The summed E-state index contributed by atoms with van der Waals surface area (Å²) in [5.41, 5.74) is 16.7. The Morgan fingerprint density at radius 3 is 1.55 bits per heavy atom. The van der Waals surface area contributed by atoms with Crippen LogP contribution in [-0.2, 0) is 4.79 Å². The molecule has 0 saturated heterocycles. The third-order valence-corrected chi connectivity index (χ3v) is 13.3. The highest BCUT2D eigenvalue weighted by Gasteiger charge is 2.35. The van der Waals surface area contributed by atoms with Gasteiger partial charge in [0.2, 0.25) is 11.8 Å². The van der Waals surface area contributed by atoms with Gasteiger partial charge in [0, 0.05) is 48.1 Å². The Bertz CT molecular complexity index is 3960. The highest BCUT2D eigenvalue weighted by molar-refractivity contribution is 5.99. The van der Waals surface area contributed by atoms with Gasteiger partial charge in [-0.1, -0.05) is 38.1 Å². The number of carbonyl (C=O) groups excluding carboxylic acids is 1. The van der Waals surface area contributed by atoms with Gasteiger partial charge < -0.3 is 21.5 Å². The van der Waals surface area contributed by atoms with Crippen LogP contribution in [0.2, 0.25) is 0 Å². The number of fused-ring (bicyclic) bond motifs is 4. The number of benzene rings is 3. The van der Waals surface area contributed by atoms with E-state index in [9.17, 15) is 23.2 Å². The fourth-order valence-corrected chi connectivity index (χ4v) is 9.60. The lowest BCUT2D eigenvalue weighted by atomic mass is 10.1. The van der Waals surface area contributed by atoms with Crippen LogP contribution < -0.4 is 32.6 Å². The largest absolute Gasteiger partial charge is 0.481 e. The van der Waals surface area contributed by atoms with Gasteiger partial charge in [-0.2, -0.15) is 10.2 Å². The molecule has 7 heterocycles. The highest BCUT2D eigenvalue weighted by Crippen LogP contribution is 2.41. The van der Waals surface area contributed by atoms with Gasteiger partial charge in [0.25, 0.3) is 11.1 Å². The fraction of sp³-hybridized carbons (Fsp3) is 0.269. The summed E-state index contributed by atoms with van der Waals surface area (Å²) in [4.78, 5) is 69.7. The molecule has 10 aromatic rings. The molecule has 0 bridgehead atoms. The van der Waals surface area contributed by atoms with Crippen LogP contribution in [0.3, 0.4) is 0 Å². The number of halogens is 2. The first-order valence-corrected chi connectivity index (χ1v) is 24.2. The molecule has 0 aliphatic heterocycles. The first-order valence-electron chi connectivity index (χ1n) is 24.2. The predicted octanol–water partition coefficient (Wildman–Crippen LogP) is 7.88. The summed E-state index contributed by atoms with van der Waals surface area (Å²) < 4.78 is 41.2. The number of pyridine rings is 1. The molecular formula is C52H48F2N16O4. The Labute approximate surface area is 419 Å². The van der Waals surface area contributed by atoms with Crippen LogP contribution in [0.4, 0.5) is 26.1 Å². The van der Waals surface area contributed by atoms with Crippen LogP contribution in [0.1, 0.15) is 95.1 Å². The maximum absolute atomic E-state index is 14.7. The Morgan fingerprint density at radius 1 is 0.662 bits per heavy atom. The molecule has 2 saturated carbocycles. The fourth-order valence-electron chi connectivity index (χ4n) is 9.60. The quantitative estimate of drug-likeness (QED) is 0.105. The normalized spacial score (nSPS) is 14.3. The molecule has 3 aromatic carbocycles. The number of nitrogen functional groups attached to an aromatic ring is 2. The zero-order valence-corrected chi connectivity index (χ0v) is 40.6. The second-order valence-corrected chi connectivity index (χ2v) is 18.2.